The number of nitrogens with zero attached hydrogens (tertiary/aromatic N) is 2. The van der Waals surface area contributed by atoms with E-state index in [0.717, 1.165) is 5.03 Å². The van der Waals surface area contributed by atoms with Crippen LogP contribution in [0.1, 0.15) is 17.5 Å². The van der Waals surface area contributed by atoms with Gasteiger partial charge in [-0.25, -0.2) is 15.8 Å². The van der Waals surface area contributed by atoms with Crippen LogP contribution in [0.25, 0.3) is 0 Å². The molecule has 0 atom stereocenters. The van der Waals surface area contributed by atoms with Crippen LogP contribution in [0.2, 0.25) is 0 Å². The van der Waals surface area contributed by atoms with Gasteiger partial charge in [-0.3, -0.25) is 5.43 Å². The number of nitrogens with one attached hydrogen (secondary N) is 1. The van der Waals surface area contributed by atoms with Crippen LogP contribution in [0, 0.1) is 0 Å². The molecule has 0 bridgehead atoms. The molecule has 3 N–H and O–H groups in total. The topological polar surface area (TPSA) is 63.8 Å². The maximum Gasteiger partial charge on any atom is 0.238 e. The molecule has 0 fully saturated rings. The quantitative estimate of drug-likeness (QED) is 0.503. The van der Waals surface area contributed by atoms with E-state index in [-0.39, 0.29) is 0 Å². The summed E-state index contributed by atoms with van der Waals surface area (Å²) in [6.07, 6.45) is 5.40. The fourth-order valence-electron chi connectivity index (χ4n) is 2.20. The van der Waals surface area contributed by atoms with Crippen LogP contribution in [-0.4, -0.2) is 9.97 Å². The minimum atomic E-state index is 0.446. The Morgan fingerprint density at radius 2 is 2.06 bits per heavy atom. The van der Waals surface area contributed by atoms with E-state index < -0.39 is 0 Å². The van der Waals surface area contributed by atoms with Crippen molar-refractivity contribution in [2.75, 3.05) is 5.43 Å². The lowest BCUT2D eigenvalue weighted by Crippen LogP contribution is -2.10. The van der Waals surface area contributed by atoms with Gasteiger partial charge >= 0.3 is 0 Å². The highest BCUT2D eigenvalue weighted by Gasteiger charge is 2.11. The molecule has 4 nitrogen and oxygen atoms in total. The highest BCUT2D eigenvalue weighted by molar-refractivity contribution is 7.99. The van der Waals surface area contributed by atoms with Crippen LogP contribution in [0.15, 0.2) is 40.4 Å². The molecular weight excluding hydrogens is 244 g/mol. The van der Waals surface area contributed by atoms with E-state index in [4.69, 9.17) is 5.84 Å². The molecule has 0 spiro atoms. The molecule has 1 aromatic heterocycles. The van der Waals surface area contributed by atoms with E-state index in [9.17, 15) is 0 Å². The third-order valence-corrected chi connectivity index (χ3v) is 3.98. The van der Waals surface area contributed by atoms with Crippen LogP contribution in [-0.2, 0) is 12.8 Å². The summed E-state index contributed by atoms with van der Waals surface area (Å²) in [5.74, 6) is 5.75. The summed E-state index contributed by atoms with van der Waals surface area (Å²) in [5, 5.41) is 0.899. The van der Waals surface area contributed by atoms with Gasteiger partial charge in [0.15, 0.2) is 0 Å². The van der Waals surface area contributed by atoms with Crippen molar-refractivity contribution in [3.8, 4) is 0 Å². The molecule has 92 valence electrons. The van der Waals surface area contributed by atoms with Crippen molar-refractivity contribution in [2.24, 2.45) is 5.84 Å². The average molecular weight is 258 g/mol. The van der Waals surface area contributed by atoms with E-state index in [1.54, 1.807) is 18.0 Å². The third-order valence-electron chi connectivity index (χ3n) is 3.05. The molecule has 1 aromatic carbocycles. The van der Waals surface area contributed by atoms with E-state index in [1.165, 1.54) is 35.3 Å². The first-order chi connectivity index (χ1) is 8.85. The summed E-state index contributed by atoms with van der Waals surface area (Å²) in [7, 11) is 0. The van der Waals surface area contributed by atoms with Crippen molar-refractivity contribution in [1.29, 1.82) is 0 Å². The zero-order valence-electron chi connectivity index (χ0n) is 9.89. The van der Waals surface area contributed by atoms with Gasteiger partial charge in [0.2, 0.25) is 5.95 Å². The number of nitrogens with two attached hydrogens (primary N) is 1. The van der Waals surface area contributed by atoms with Gasteiger partial charge in [-0.05, 0) is 48.6 Å². The van der Waals surface area contributed by atoms with Crippen LogP contribution in [0.3, 0.4) is 0 Å². The molecule has 0 unspecified atom stereocenters. The van der Waals surface area contributed by atoms with E-state index in [2.05, 4.69) is 33.6 Å². The molecule has 2 aromatic rings. The first-order valence-corrected chi connectivity index (χ1v) is 6.76. The lowest BCUT2D eigenvalue weighted by Gasteiger charge is -2.05. The van der Waals surface area contributed by atoms with Gasteiger partial charge in [0, 0.05) is 11.1 Å². The van der Waals surface area contributed by atoms with Crippen molar-refractivity contribution in [1.82, 2.24) is 9.97 Å². The molecule has 18 heavy (non-hydrogen) atoms. The van der Waals surface area contributed by atoms with E-state index in [0.29, 0.717) is 5.95 Å². The summed E-state index contributed by atoms with van der Waals surface area (Å²) < 4.78 is 0. The molecule has 0 saturated carbocycles. The summed E-state index contributed by atoms with van der Waals surface area (Å²) in [6.45, 7) is 0. The maximum absolute atomic E-state index is 5.30. The number of benzene rings is 1. The standard InChI is InChI=1S/C13H14N4S/c14-17-13-15-7-6-12(16-13)18-11-5-4-9-2-1-3-10(9)8-11/h4-8H,1-3,14H2,(H,15,16,17). The normalized spacial score (nSPS) is 13.4. The molecule has 0 aliphatic heterocycles. The number of hydrogen-bond acceptors (Lipinski definition) is 5. The largest absolute Gasteiger partial charge is 0.292 e. The Kier molecular flexibility index (Phi) is 3.17. The zero-order valence-corrected chi connectivity index (χ0v) is 10.7. The van der Waals surface area contributed by atoms with Crippen LogP contribution >= 0.6 is 11.8 Å². The van der Waals surface area contributed by atoms with E-state index >= 15 is 0 Å². The monoisotopic (exact) mass is 258 g/mol. The molecule has 1 heterocycles. The van der Waals surface area contributed by atoms with Crippen molar-refractivity contribution in [2.45, 2.75) is 29.2 Å². The highest BCUT2D eigenvalue weighted by atomic mass is 32.2. The van der Waals surface area contributed by atoms with Crippen LogP contribution < -0.4 is 11.3 Å². The molecule has 3 rings (SSSR count). The van der Waals surface area contributed by atoms with Crippen molar-refractivity contribution >= 4 is 17.7 Å². The summed E-state index contributed by atoms with van der Waals surface area (Å²) >= 11 is 1.64. The minimum absolute atomic E-state index is 0.446. The number of fused-ring (bicyclic) bond motifs is 1. The van der Waals surface area contributed by atoms with Crippen LogP contribution in [0.4, 0.5) is 5.95 Å². The number of aromatic nitrogens is 2. The van der Waals surface area contributed by atoms with Gasteiger partial charge < -0.3 is 0 Å². The van der Waals surface area contributed by atoms with E-state index in [1.807, 2.05) is 6.07 Å². The fraction of sp³-hybridized carbons (Fsp3) is 0.231. The second-order valence-corrected chi connectivity index (χ2v) is 5.34. The molecule has 1 aliphatic carbocycles. The minimum Gasteiger partial charge on any atom is -0.292 e. The lowest BCUT2D eigenvalue weighted by atomic mass is 10.1. The summed E-state index contributed by atoms with van der Waals surface area (Å²) in [4.78, 5) is 9.51. The Labute approximate surface area is 110 Å². The Hall–Kier alpha value is -1.59. The number of nitrogen functional groups attached to an aromatic ring is 1. The zero-order chi connectivity index (χ0) is 12.4. The first kappa shape index (κ1) is 11.5. The smallest absolute Gasteiger partial charge is 0.238 e. The van der Waals surface area contributed by atoms with Gasteiger partial charge in [-0.1, -0.05) is 17.8 Å². The predicted octanol–water partition coefficient (Wildman–Crippen LogP) is 2.40. The summed E-state index contributed by atoms with van der Waals surface area (Å²) in [6, 6.07) is 8.55. The molecule has 0 saturated heterocycles. The second-order valence-electron chi connectivity index (χ2n) is 4.25. The van der Waals surface area contributed by atoms with Crippen molar-refractivity contribution in [3.05, 3.63) is 41.6 Å². The molecule has 0 amide bonds. The first-order valence-electron chi connectivity index (χ1n) is 5.94. The second kappa shape index (κ2) is 4.96. The maximum atomic E-state index is 5.30. The summed E-state index contributed by atoms with van der Waals surface area (Å²) in [5.41, 5.74) is 5.43. The number of hydrogen-bond donors (Lipinski definition) is 2. The highest BCUT2D eigenvalue weighted by Crippen LogP contribution is 2.31. The Balaban J connectivity index is 1.83. The van der Waals surface area contributed by atoms with Gasteiger partial charge in [-0.15, -0.1) is 0 Å². The van der Waals surface area contributed by atoms with Crippen molar-refractivity contribution < 1.29 is 0 Å². The van der Waals surface area contributed by atoms with Crippen molar-refractivity contribution in [3.63, 3.8) is 0 Å². The number of aryl methyl sites for hydroxylation is 2. The Morgan fingerprint density at radius 3 is 2.94 bits per heavy atom. The van der Waals surface area contributed by atoms with Gasteiger partial charge in [0.1, 0.15) is 5.03 Å². The SMILES string of the molecule is NNc1nccc(Sc2ccc3c(c2)CCC3)n1. The Bertz CT molecular complexity index is 571. The van der Waals surface area contributed by atoms with Gasteiger partial charge in [0.25, 0.3) is 0 Å². The number of hydrazine groups is 1. The molecule has 0 radical (unpaired) electrons. The number of anilines is 1. The van der Waals surface area contributed by atoms with Gasteiger partial charge in [-0.2, -0.15) is 0 Å². The van der Waals surface area contributed by atoms with Gasteiger partial charge in [0.05, 0.1) is 0 Å². The fourth-order valence-corrected chi connectivity index (χ4v) is 3.04. The molecule has 1 aliphatic rings. The third kappa shape index (κ3) is 2.32. The van der Waals surface area contributed by atoms with Crippen LogP contribution in [0.5, 0.6) is 0 Å². The Morgan fingerprint density at radius 1 is 1.17 bits per heavy atom. The predicted molar refractivity (Wildman–Crippen MR) is 72.4 cm³/mol. The lowest BCUT2D eigenvalue weighted by molar-refractivity contribution is 0.911. The molecular formula is C13H14N4S. The molecule has 5 heteroatoms. The number of rotatable bonds is 3. The average Bonchev–Trinajstić information content (AvgIpc) is 2.86.